The Morgan fingerprint density at radius 2 is 2.18 bits per heavy atom. The number of nitrogens with one attached hydrogen (secondary N) is 1. The topological polar surface area (TPSA) is 52.6 Å². The van der Waals surface area contributed by atoms with Crippen molar-refractivity contribution in [3.63, 3.8) is 0 Å². The third kappa shape index (κ3) is 3.42. The molecule has 0 aromatic rings. The van der Waals surface area contributed by atoms with Gasteiger partial charge in [0.2, 0.25) is 0 Å². The van der Waals surface area contributed by atoms with Crippen LogP contribution >= 0.6 is 0 Å². The number of rotatable bonds is 5. The van der Waals surface area contributed by atoms with Gasteiger partial charge < -0.3 is 10.4 Å². The molecule has 2 rings (SSSR count). The first-order valence-electron chi connectivity index (χ1n) is 6.73. The van der Waals surface area contributed by atoms with Crippen LogP contribution in [-0.4, -0.2) is 48.2 Å². The van der Waals surface area contributed by atoms with E-state index in [2.05, 4.69) is 17.1 Å². The van der Waals surface area contributed by atoms with Crippen molar-refractivity contribution >= 4 is 5.97 Å². The highest BCUT2D eigenvalue weighted by Crippen LogP contribution is 2.36. The number of hydrogen-bond donors (Lipinski definition) is 2. The summed E-state index contributed by atoms with van der Waals surface area (Å²) in [5.41, 5.74) is 0. The van der Waals surface area contributed by atoms with Gasteiger partial charge in [-0.05, 0) is 45.1 Å². The summed E-state index contributed by atoms with van der Waals surface area (Å²) in [7, 11) is 1.98. The first kappa shape index (κ1) is 12.8. The molecule has 0 bridgehead atoms. The lowest BCUT2D eigenvalue weighted by Crippen LogP contribution is -2.52. The molecule has 0 aromatic heterocycles. The molecule has 4 heteroatoms. The molecule has 2 fully saturated rings. The van der Waals surface area contributed by atoms with Crippen molar-refractivity contribution in [3.8, 4) is 0 Å². The van der Waals surface area contributed by atoms with Gasteiger partial charge in [0.25, 0.3) is 0 Å². The lowest BCUT2D eigenvalue weighted by Gasteiger charge is -2.40. The fourth-order valence-corrected chi connectivity index (χ4v) is 3.05. The summed E-state index contributed by atoms with van der Waals surface area (Å²) in [6.07, 6.45) is 4.01. The molecule has 1 heterocycles. The van der Waals surface area contributed by atoms with Crippen molar-refractivity contribution in [2.75, 3.05) is 20.1 Å². The number of carbonyl (C=O) groups is 1. The quantitative estimate of drug-likeness (QED) is 0.757. The van der Waals surface area contributed by atoms with Gasteiger partial charge in [0.15, 0.2) is 0 Å². The van der Waals surface area contributed by atoms with Crippen LogP contribution in [-0.2, 0) is 4.79 Å². The summed E-state index contributed by atoms with van der Waals surface area (Å²) in [4.78, 5) is 13.3. The molecule has 0 amide bonds. The molecule has 2 N–H and O–H groups in total. The third-order valence-electron chi connectivity index (χ3n) is 4.32. The van der Waals surface area contributed by atoms with Crippen LogP contribution in [0.25, 0.3) is 0 Å². The zero-order valence-corrected chi connectivity index (χ0v) is 10.9. The Hall–Kier alpha value is -0.610. The third-order valence-corrected chi connectivity index (χ3v) is 4.32. The molecule has 2 aliphatic rings. The van der Waals surface area contributed by atoms with Gasteiger partial charge in [-0.3, -0.25) is 9.69 Å². The zero-order chi connectivity index (χ0) is 12.4. The SMILES string of the molecule is CNC1CC(CC(=O)O)CN(C(C)C2CC2)C1. The molecular weight excluding hydrogens is 216 g/mol. The van der Waals surface area contributed by atoms with Crippen LogP contribution in [0.15, 0.2) is 0 Å². The van der Waals surface area contributed by atoms with Crippen molar-refractivity contribution in [3.05, 3.63) is 0 Å². The molecule has 3 unspecified atom stereocenters. The highest BCUT2D eigenvalue weighted by atomic mass is 16.4. The summed E-state index contributed by atoms with van der Waals surface area (Å²) in [6, 6.07) is 1.08. The monoisotopic (exact) mass is 240 g/mol. The van der Waals surface area contributed by atoms with Gasteiger partial charge in [-0.25, -0.2) is 0 Å². The van der Waals surface area contributed by atoms with Crippen molar-refractivity contribution in [1.29, 1.82) is 0 Å². The molecule has 17 heavy (non-hydrogen) atoms. The largest absolute Gasteiger partial charge is 0.481 e. The van der Waals surface area contributed by atoms with Gasteiger partial charge in [-0.15, -0.1) is 0 Å². The van der Waals surface area contributed by atoms with Gasteiger partial charge in [0.1, 0.15) is 0 Å². The average molecular weight is 240 g/mol. The molecular formula is C13H24N2O2. The minimum atomic E-state index is -0.661. The number of nitrogens with zero attached hydrogens (tertiary/aromatic N) is 1. The molecule has 98 valence electrons. The molecule has 0 aromatic carbocycles. The maximum absolute atomic E-state index is 10.8. The van der Waals surface area contributed by atoms with E-state index in [-0.39, 0.29) is 0 Å². The lowest BCUT2D eigenvalue weighted by molar-refractivity contribution is -0.138. The van der Waals surface area contributed by atoms with Crippen LogP contribution in [0.1, 0.15) is 32.6 Å². The fraction of sp³-hybridized carbons (Fsp3) is 0.923. The summed E-state index contributed by atoms with van der Waals surface area (Å²) in [6.45, 7) is 4.33. The Labute approximate surface area is 103 Å². The number of carboxylic acids is 1. The molecule has 0 radical (unpaired) electrons. The Kier molecular flexibility index (Phi) is 4.05. The second-order valence-electron chi connectivity index (χ2n) is 5.72. The summed E-state index contributed by atoms with van der Waals surface area (Å²) >= 11 is 0. The van der Waals surface area contributed by atoms with Gasteiger partial charge in [0.05, 0.1) is 0 Å². The van der Waals surface area contributed by atoms with E-state index >= 15 is 0 Å². The fourth-order valence-electron chi connectivity index (χ4n) is 3.05. The van der Waals surface area contributed by atoms with Crippen molar-refractivity contribution in [1.82, 2.24) is 10.2 Å². The van der Waals surface area contributed by atoms with E-state index < -0.39 is 5.97 Å². The maximum atomic E-state index is 10.8. The molecule has 3 atom stereocenters. The molecule has 4 nitrogen and oxygen atoms in total. The van der Waals surface area contributed by atoms with E-state index in [1.807, 2.05) is 7.05 Å². The minimum Gasteiger partial charge on any atom is -0.481 e. The zero-order valence-electron chi connectivity index (χ0n) is 10.9. The molecule has 0 spiro atoms. The standard InChI is InChI=1S/C13H24N2O2/c1-9(11-3-4-11)15-7-10(6-13(16)17)5-12(8-15)14-2/h9-12,14H,3-8H2,1-2H3,(H,16,17). The first-order chi connectivity index (χ1) is 8.10. The van der Waals surface area contributed by atoms with Crippen LogP contribution in [0.4, 0.5) is 0 Å². The maximum Gasteiger partial charge on any atom is 0.303 e. The summed E-state index contributed by atoms with van der Waals surface area (Å²) < 4.78 is 0. The summed E-state index contributed by atoms with van der Waals surface area (Å²) in [5, 5.41) is 12.2. The normalized spacial score (nSPS) is 32.4. The highest BCUT2D eigenvalue weighted by molar-refractivity contribution is 5.67. The van der Waals surface area contributed by atoms with Crippen LogP contribution in [0.2, 0.25) is 0 Å². The Morgan fingerprint density at radius 1 is 1.47 bits per heavy atom. The van der Waals surface area contributed by atoms with Gasteiger partial charge in [-0.1, -0.05) is 0 Å². The minimum absolute atomic E-state index is 0.305. The second kappa shape index (κ2) is 5.36. The molecule has 1 saturated heterocycles. The first-order valence-corrected chi connectivity index (χ1v) is 6.73. The number of likely N-dealkylation sites (tertiary alicyclic amines) is 1. The smallest absolute Gasteiger partial charge is 0.303 e. The van der Waals surface area contributed by atoms with Gasteiger partial charge >= 0.3 is 5.97 Å². The number of piperidine rings is 1. The average Bonchev–Trinajstić information content (AvgIpc) is 3.10. The van der Waals surface area contributed by atoms with Crippen LogP contribution in [0.3, 0.4) is 0 Å². The molecule has 1 aliphatic carbocycles. The van der Waals surface area contributed by atoms with Crippen molar-refractivity contribution in [2.24, 2.45) is 11.8 Å². The van der Waals surface area contributed by atoms with Crippen LogP contribution < -0.4 is 5.32 Å². The highest BCUT2D eigenvalue weighted by Gasteiger charge is 2.36. The van der Waals surface area contributed by atoms with Crippen LogP contribution in [0, 0.1) is 11.8 Å². The van der Waals surface area contributed by atoms with Gasteiger partial charge in [0, 0.05) is 31.6 Å². The van der Waals surface area contributed by atoms with E-state index in [0.717, 1.165) is 25.4 Å². The number of carboxylic acid groups (broad SMARTS) is 1. The number of likely N-dealkylation sites (N-methyl/N-ethyl adjacent to an activating group) is 1. The second-order valence-corrected chi connectivity index (χ2v) is 5.72. The van der Waals surface area contributed by atoms with Crippen LogP contribution in [0.5, 0.6) is 0 Å². The van der Waals surface area contributed by atoms with E-state index in [0.29, 0.717) is 24.4 Å². The predicted molar refractivity (Wildman–Crippen MR) is 67.0 cm³/mol. The van der Waals surface area contributed by atoms with E-state index in [4.69, 9.17) is 5.11 Å². The van der Waals surface area contributed by atoms with E-state index in [9.17, 15) is 4.79 Å². The van der Waals surface area contributed by atoms with E-state index in [1.165, 1.54) is 12.8 Å². The molecule has 1 aliphatic heterocycles. The summed E-state index contributed by atoms with van der Waals surface area (Å²) in [5.74, 6) is 0.502. The number of hydrogen-bond acceptors (Lipinski definition) is 3. The van der Waals surface area contributed by atoms with Crippen molar-refractivity contribution < 1.29 is 9.90 Å². The number of aliphatic carboxylic acids is 1. The van der Waals surface area contributed by atoms with Gasteiger partial charge in [-0.2, -0.15) is 0 Å². The van der Waals surface area contributed by atoms with E-state index in [1.54, 1.807) is 0 Å². The molecule has 1 saturated carbocycles. The van der Waals surface area contributed by atoms with Crippen molar-refractivity contribution in [2.45, 2.75) is 44.7 Å². The predicted octanol–water partition coefficient (Wildman–Crippen LogP) is 1.17. The Bertz CT molecular complexity index is 279. The Balaban J connectivity index is 1.93. The Morgan fingerprint density at radius 3 is 2.71 bits per heavy atom. The lowest BCUT2D eigenvalue weighted by atomic mass is 9.90.